The highest BCUT2D eigenvalue weighted by molar-refractivity contribution is 6.00. The van der Waals surface area contributed by atoms with E-state index in [0.29, 0.717) is 36.4 Å². The maximum Gasteiger partial charge on any atom is 0.302 e. The first-order valence-electron chi connectivity index (χ1n) is 16.1. The zero-order chi connectivity index (χ0) is 29.5. The van der Waals surface area contributed by atoms with Crippen LogP contribution < -0.4 is 0 Å². The fourth-order valence-electron chi connectivity index (χ4n) is 12.0. The normalized spacial score (nSPS) is 44.0. The predicted molar refractivity (Wildman–Crippen MR) is 156 cm³/mol. The molecule has 6 nitrogen and oxygen atoms in total. The summed E-state index contributed by atoms with van der Waals surface area (Å²) >= 11 is 0. The smallest absolute Gasteiger partial charge is 0.302 e. The third-order valence-corrected chi connectivity index (χ3v) is 13.8. The Labute approximate surface area is 241 Å². The standard InChI is InChI=1S/C34H53NO5/c1-21(2)28-24(37)20-34(14-9-19-35(38)39)18-17-32(7)23(29(28)34)10-11-26-31(6)15-13-27(40-22(3)36)30(4,5)25(31)12-16-33(26,32)8/h21,23,25-27H,9-20H2,1-8H3/t23-,25+,26-,27+,31+,32-,33-,34+/m1/s1. The Balaban J connectivity index is 1.52. The van der Waals surface area contributed by atoms with Gasteiger partial charge >= 0.3 is 5.97 Å². The van der Waals surface area contributed by atoms with Crippen molar-refractivity contribution in [1.82, 2.24) is 0 Å². The Morgan fingerprint density at radius 3 is 2.30 bits per heavy atom. The molecule has 5 rings (SSSR count). The molecule has 0 saturated heterocycles. The molecule has 0 spiro atoms. The van der Waals surface area contributed by atoms with Crippen LogP contribution in [0.25, 0.3) is 0 Å². The molecule has 0 radical (unpaired) electrons. The molecular weight excluding hydrogens is 502 g/mol. The van der Waals surface area contributed by atoms with Crippen molar-refractivity contribution in [2.45, 2.75) is 132 Å². The van der Waals surface area contributed by atoms with Crippen LogP contribution in [0.2, 0.25) is 0 Å². The number of Topliss-reactive ketones (excluding diaryl/α,β-unsaturated/α-hetero) is 1. The summed E-state index contributed by atoms with van der Waals surface area (Å²) in [5, 5.41) is 11.2. The number of ketones is 1. The zero-order valence-corrected chi connectivity index (χ0v) is 26.4. The molecular formula is C34H53NO5. The van der Waals surface area contributed by atoms with Crippen molar-refractivity contribution >= 4 is 11.8 Å². The Bertz CT molecular complexity index is 1120. The van der Waals surface area contributed by atoms with E-state index in [1.54, 1.807) is 0 Å². The van der Waals surface area contributed by atoms with Gasteiger partial charge in [-0.1, -0.05) is 54.0 Å². The van der Waals surface area contributed by atoms with Gasteiger partial charge in [0.1, 0.15) is 6.10 Å². The van der Waals surface area contributed by atoms with Crippen molar-refractivity contribution in [1.29, 1.82) is 0 Å². The van der Waals surface area contributed by atoms with Crippen molar-refractivity contribution < 1.29 is 19.2 Å². The van der Waals surface area contributed by atoms with Crippen LogP contribution >= 0.6 is 0 Å². The zero-order valence-electron chi connectivity index (χ0n) is 26.4. The van der Waals surface area contributed by atoms with Gasteiger partial charge in [0, 0.05) is 30.1 Å². The van der Waals surface area contributed by atoms with Gasteiger partial charge in [-0.15, -0.1) is 0 Å². The molecule has 4 saturated carbocycles. The van der Waals surface area contributed by atoms with E-state index >= 15 is 0 Å². The first kappa shape index (κ1) is 29.8. The first-order valence-corrected chi connectivity index (χ1v) is 16.1. The van der Waals surface area contributed by atoms with Gasteiger partial charge in [-0.2, -0.15) is 0 Å². The van der Waals surface area contributed by atoms with Gasteiger partial charge in [0.25, 0.3) is 0 Å². The summed E-state index contributed by atoms with van der Waals surface area (Å²) in [5.41, 5.74) is 2.74. The van der Waals surface area contributed by atoms with Crippen LogP contribution in [0.1, 0.15) is 126 Å². The second-order valence-corrected chi connectivity index (χ2v) is 16.1. The Hall–Kier alpha value is -1.72. The predicted octanol–water partition coefficient (Wildman–Crippen LogP) is 7.96. The molecule has 8 atom stereocenters. The second-order valence-electron chi connectivity index (χ2n) is 16.1. The Morgan fingerprint density at radius 2 is 1.68 bits per heavy atom. The molecule has 0 aliphatic heterocycles. The van der Waals surface area contributed by atoms with Crippen molar-refractivity contribution in [2.75, 3.05) is 6.54 Å². The number of ether oxygens (including phenoxy) is 1. The monoisotopic (exact) mass is 555 g/mol. The van der Waals surface area contributed by atoms with Crippen LogP contribution in [0.5, 0.6) is 0 Å². The fraction of sp³-hybridized carbons (Fsp3) is 0.882. The number of rotatable bonds is 6. The van der Waals surface area contributed by atoms with Crippen molar-refractivity contribution in [3.8, 4) is 0 Å². The van der Waals surface area contributed by atoms with Crippen LogP contribution in [0.3, 0.4) is 0 Å². The van der Waals surface area contributed by atoms with Gasteiger partial charge in [-0.05, 0) is 109 Å². The summed E-state index contributed by atoms with van der Waals surface area (Å²) in [7, 11) is 0. The Morgan fingerprint density at radius 1 is 0.975 bits per heavy atom. The molecule has 0 N–H and O–H groups in total. The minimum absolute atomic E-state index is 0.00811. The SMILES string of the molecule is CC(=O)O[C@H]1CC[C@]2(C)[C@H]3CC[C@@H]4C5=C(C(C)C)C(=O)C[C@]5(CCC[N+](=O)[O-])CC[C@@]4(C)[C@]3(C)CC[C@H]2C1(C)C. The number of fused-ring (bicyclic) bond motifs is 7. The molecule has 224 valence electrons. The van der Waals surface area contributed by atoms with Crippen LogP contribution in [0.15, 0.2) is 11.1 Å². The summed E-state index contributed by atoms with van der Waals surface area (Å²) in [6.07, 6.45) is 10.6. The van der Waals surface area contributed by atoms with Crippen LogP contribution in [-0.2, 0) is 14.3 Å². The van der Waals surface area contributed by atoms with Gasteiger partial charge in [-0.25, -0.2) is 0 Å². The molecule has 0 aromatic rings. The van der Waals surface area contributed by atoms with Gasteiger partial charge in [0.2, 0.25) is 6.54 Å². The molecule has 0 aromatic carbocycles. The van der Waals surface area contributed by atoms with Crippen molar-refractivity contribution in [3.63, 3.8) is 0 Å². The maximum absolute atomic E-state index is 13.6. The molecule has 40 heavy (non-hydrogen) atoms. The average molecular weight is 556 g/mol. The minimum atomic E-state index is -0.198. The van der Waals surface area contributed by atoms with E-state index in [1.807, 2.05) is 0 Å². The lowest BCUT2D eigenvalue weighted by Crippen LogP contribution is -2.65. The second kappa shape index (κ2) is 9.66. The summed E-state index contributed by atoms with van der Waals surface area (Å²) in [5.74, 6) is 1.83. The van der Waals surface area contributed by atoms with Gasteiger partial charge in [0.15, 0.2) is 5.78 Å². The highest BCUT2D eigenvalue weighted by Crippen LogP contribution is 2.77. The van der Waals surface area contributed by atoms with E-state index < -0.39 is 0 Å². The van der Waals surface area contributed by atoms with E-state index in [9.17, 15) is 19.7 Å². The molecule has 4 fully saturated rings. The molecule has 0 unspecified atom stereocenters. The summed E-state index contributed by atoms with van der Waals surface area (Å²) < 4.78 is 5.90. The van der Waals surface area contributed by atoms with Gasteiger partial charge in [0.05, 0.1) is 0 Å². The number of carbonyl (C=O) groups excluding carboxylic acids is 2. The molecule has 5 aliphatic carbocycles. The van der Waals surface area contributed by atoms with E-state index in [4.69, 9.17) is 4.74 Å². The third kappa shape index (κ3) is 4.07. The lowest BCUT2D eigenvalue weighted by Gasteiger charge is -2.72. The molecule has 0 bridgehead atoms. The largest absolute Gasteiger partial charge is 0.462 e. The van der Waals surface area contributed by atoms with Crippen molar-refractivity contribution in [2.24, 2.45) is 50.7 Å². The van der Waals surface area contributed by atoms with Crippen molar-refractivity contribution in [3.05, 3.63) is 21.3 Å². The Kier molecular flexibility index (Phi) is 7.19. The molecule has 5 aliphatic rings. The maximum atomic E-state index is 13.6. The van der Waals surface area contributed by atoms with E-state index in [-0.39, 0.29) is 56.5 Å². The summed E-state index contributed by atoms with van der Waals surface area (Å²) in [4.78, 5) is 36.6. The van der Waals surface area contributed by atoms with Gasteiger partial charge in [-0.3, -0.25) is 19.7 Å². The lowest BCUT2D eigenvalue weighted by molar-refractivity contribution is -0.480. The highest BCUT2D eigenvalue weighted by atomic mass is 16.6. The fourth-order valence-corrected chi connectivity index (χ4v) is 12.0. The van der Waals surface area contributed by atoms with Gasteiger partial charge < -0.3 is 4.74 Å². The molecule has 0 amide bonds. The number of nitro groups is 1. The number of carbonyl (C=O) groups is 2. The number of allylic oxidation sites excluding steroid dienone is 2. The highest BCUT2D eigenvalue weighted by Gasteiger charge is 2.70. The van der Waals surface area contributed by atoms with E-state index in [2.05, 4.69) is 48.5 Å². The number of hydrogen-bond acceptors (Lipinski definition) is 5. The lowest BCUT2D eigenvalue weighted by atomic mass is 9.33. The topological polar surface area (TPSA) is 86.5 Å². The van der Waals surface area contributed by atoms with Crippen LogP contribution in [-0.4, -0.2) is 29.3 Å². The number of nitrogens with zero attached hydrogens (tertiary/aromatic N) is 1. The first-order chi connectivity index (χ1) is 18.5. The summed E-state index contributed by atoms with van der Waals surface area (Å²) in [6.45, 7) is 18.2. The molecule has 0 aromatic heterocycles. The third-order valence-electron chi connectivity index (χ3n) is 13.8. The van der Waals surface area contributed by atoms with Crippen LogP contribution in [0, 0.1) is 60.9 Å². The quantitative estimate of drug-likeness (QED) is 0.188. The van der Waals surface area contributed by atoms with E-state index in [0.717, 1.165) is 50.5 Å². The summed E-state index contributed by atoms with van der Waals surface area (Å²) in [6, 6.07) is 0. The minimum Gasteiger partial charge on any atom is -0.462 e. The van der Waals surface area contributed by atoms with Crippen LogP contribution in [0.4, 0.5) is 0 Å². The number of hydrogen-bond donors (Lipinski definition) is 0. The molecule has 0 heterocycles. The molecule has 6 heteroatoms. The number of esters is 1. The average Bonchev–Trinajstić information content (AvgIpc) is 3.13. The van der Waals surface area contributed by atoms with E-state index in [1.165, 1.54) is 25.3 Å².